The van der Waals surface area contributed by atoms with Crippen LogP contribution in [0.5, 0.6) is 0 Å². The molecule has 1 saturated heterocycles. The van der Waals surface area contributed by atoms with Gasteiger partial charge in [0.15, 0.2) is 5.82 Å². The van der Waals surface area contributed by atoms with Crippen LogP contribution in [0.25, 0.3) is 11.4 Å². The van der Waals surface area contributed by atoms with E-state index in [1.54, 1.807) is 12.3 Å². The molecule has 0 bridgehead atoms. The fraction of sp³-hybridized carbons (Fsp3) is 0.286. The van der Waals surface area contributed by atoms with E-state index in [0.29, 0.717) is 37.0 Å². The van der Waals surface area contributed by atoms with E-state index in [1.165, 1.54) is 0 Å². The maximum absolute atomic E-state index is 13.0. The second-order valence-corrected chi connectivity index (χ2v) is 6.86. The Morgan fingerprint density at radius 3 is 2.57 bits per heavy atom. The number of piperazine rings is 1. The average molecular weight is 377 g/mol. The second-order valence-electron chi connectivity index (χ2n) is 6.86. The number of hydrogen-bond donors (Lipinski definition) is 1. The van der Waals surface area contributed by atoms with Crippen molar-refractivity contribution in [1.82, 2.24) is 19.8 Å². The molecule has 1 aliphatic rings. The number of nitrogens with zero attached hydrogens (tertiary/aromatic N) is 4. The summed E-state index contributed by atoms with van der Waals surface area (Å²) in [5.41, 5.74) is 1.27. The number of carbonyl (C=O) groups is 1. The molecule has 0 unspecified atom stereocenters. The predicted octanol–water partition coefficient (Wildman–Crippen LogP) is 2.74. The zero-order valence-corrected chi connectivity index (χ0v) is 15.8. The molecule has 2 aromatic heterocycles. The molecule has 28 heavy (non-hydrogen) atoms. The van der Waals surface area contributed by atoms with Gasteiger partial charge in [-0.25, -0.2) is 9.97 Å². The van der Waals surface area contributed by atoms with Crippen LogP contribution in [0.3, 0.4) is 0 Å². The quantitative estimate of drug-likeness (QED) is 0.737. The fourth-order valence-corrected chi connectivity index (χ4v) is 3.13. The Kier molecular flexibility index (Phi) is 5.34. The largest absolute Gasteiger partial charge is 0.467 e. The smallest absolute Gasteiger partial charge is 0.272 e. The van der Waals surface area contributed by atoms with Crippen molar-refractivity contribution in [2.24, 2.45) is 0 Å². The van der Waals surface area contributed by atoms with E-state index in [1.807, 2.05) is 47.4 Å². The van der Waals surface area contributed by atoms with E-state index in [0.717, 1.165) is 24.4 Å². The Hall–Kier alpha value is -3.19. The molecule has 3 heterocycles. The molecule has 7 heteroatoms. The summed E-state index contributed by atoms with van der Waals surface area (Å²) >= 11 is 0. The van der Waals surface area contributed by atoms with Crippen LogP contribution in [0.2, 0.25) is 0 Å². The van der Waals surface area contributed by atoms with Crippen molar-refractivity contribution in [3.05, 3.63) is 66.2 Å². The maximum Gasteiger partial charge on any atom is 0.272 e. The highest BCUT2D eigenvalue weighted by Crippen LogP contribution is 2.19. The van der Waals surface area contributed by atoms with Gasteiger partial charge in [-0.1, -0.05) is 30.3 Å². The molecule has 7 nitrogen and oxygen atoms in total. The molecule has 1 fully saturated rings. The van der Waals surface area contributed by atoms with Gasteiger partial charge >= 0.3 is 0 Å². The lowest BCUT2D eigenvalue weighted by atomic mass is 10.2. The molecule has 0 atom stereocenters. The van der Waals surface area contributed by atoms with Gasteiger partial charge in [0.1, 0.15) is 17.3 Å². The van der Waals surface area contributed by atoms with E-state index in [9.17, 15) is 4.79 Å². The highest BCUT2D eigenvalue weighted by Gasteiger charge is 2.23. The molecule has 0 saturated carbocycles. The molecule has 0 spiro atoms. The van der Waals surface area contributed by atoms with Crippen LogP contribution in [0, 0.1) is 0 Å². The Morgan fingerprint density at radius 2 is 1.86 bits per heavy atom. The van der Waals surface area contributed by atoms with Gasteiger partial charge in [0.25, 0.3) is 5.91 Å². The van der Waals surface area contributed by atoms with Crippen molar-refractivity contribution >= 4 is 11.7 Å². The van der Waals surface area contributed by atoms with Gasteiger partial charge in [-0.15, -0.1) is 0 Å². The number of furan rings is 1. The maximum atomic E-state index is 13.0. The molecule has 1 aliphatic heterocycles. The number of benzene rings is 1. The Morgan fingerprint density at radius 1 is 1.07 bits per heavy atom. The monoisotopic (exact) mass is 377 g/mol. The lowest BCUT2D eigenvalue weighted by Crippen LogP contribution is -2.47. The van der Waals surface area contributed by atoms with Gasteiger partial charge in [0.05, 0.1) is 12.8 Å². The Balaban J connectivity index is 1.62. The van der Waals surface area contributed by atoms with Gasteiger partial charge < -0.3 is 19.5 Å². The first-order chi connectivity index (χ1) is 13.7. The molecule has 1 amide bonds. The summed E-state index contributed by atoms with van der Waals surface area (Å²) in [6.07, 6.45) is 1.63. The van der Waals surface area contributed by atoms with Crippen molar-refractivity contribution < 1.29 is 9.21 Å². The third kappa shape index (κ3) is 4.20. The Bertz CT molecular complexity index is 919. The molecule has 3 aromatic rings. The van der Waals surface area contributed by atoms with Crippen molar-refractivity contribution in [1.29, 1.82) is 0 Å². The van der Waals surface area contributed by atoms with Gasteiger partial charge in [-0.3, -0.25) is 4.79 Å². The summed E-state index contributed by atoms with van der Waals surface area (Å²) in [5.74, 6) is 1.87. The number of rotatable bonds is 5. The summed E-state index contributed by atoms with van der Waals surface area (Å²) < 4.78 is 5.37. The topological polar surface area (TPSA) is 74.5 Å². The number of likely N-dealkylation sites (N-methyl/N-ethyl adjacent to an activating group) is 1. The first-order valence-electron chi connectivity index (χ1n) is 9.37. The van der Waals surface area contributed by atoms with Gasteiger partial charge in [-0.05, 0) is 19.2 Å². The summed E-state index contributed by atoms with van der Waals surface area (Å²) in [6, 6.07) is 15.1. The van der Waals surface area contributed by atoms with Gasteiger partial charge in [0.2, 0.25) is 0 Å². The van der Waals surface area contributed by atoms with Crippen molar-refractivity contribution in [3.8, 4) is 11.4 Å². The minimum atomic E-state index is -0.0614. The molecule has 0 radical (unpaired) electrons. The van der Waals surface area contributed by atoms with Crippen LogP contribution in [0.4, 0.5) is 5.82 Å². The second kappa shape index (κ2) is 8.22. The Labute approximate surface area is 164 Å². The number of carbonyl (C=O) groups excluding carboxylic acids is 1. The summed E-state index contributed by atoms with van der Waals surface area (Å²) in [6.45, 7) is 3.63. The number of amides is 1. The summed E-state index contributed by atoms with van der Waals surface area (Å²) in [5, 5.41) is 3.24. The zero-order chi connectivity index (χ0) is 19.3. The lowest BCUT2D eigenvalue weighted by molar-refractivity contribution is 0.0658. The minimum Gasteiger partial charge on any atom is -0.467 e. The molecule has 1 N–H and O–H groups in total. The van der Waals surface area contributed by atoms with E-state index in [2.05, 4.69) is 27.2 Å². The van der Waals surface area contributed by atoms with Crippen LogP contribution in [-0.2, 0) is 6.54 Å². The number of anilines is 1. The average Bonchev–Trinajstić information content (AvgIpc) is 3.26. The summed E-state index contributed by atoms with van der Waals surface area (Å²) in [7, 11) is 2.07. The third-order valence-corrected chi connectivity index (χ3v) is 4.79. The first kappa shape index (κ1) is 18.2. The molecule has 0 aliphatic carbocycles. The highest BCUT2D eigenvalue weighted by atomic mass is 16.3. The normalized spacial score (nSPS) is 14.8. The standard InChI is InChI=1S/C21H23N5O2/c1-25-9-11-26(12-10-25)21(27)18-14-19(22-15-17-8-5-13-28-17)24-20(23-18)16-6-3-2-4-7-16/h2-8,13-14H,9-12,15H2,1H3,(H,22,23,24). The molecule has 4 rings (SSSR count). The van der Waals surface area contributed by atoms with Crippen LogP contribution in [0.15, 0.2) is 59.2 Å². The van der Waals surface area contributed by atoms with Crippen LogP contribution < -0.4 is 5.32 Å². The van der Waals surface area contributed by atoms with Crippen LogP contribution >= 0.6 is 0 Å². The molecular formula is C21H23N5O2. The van der Waals surface area contributed by atoms with Gasteiger partial charge in [0, 0.05) is 37.8 Å². The number of hydrogen-bond acceptors (Lipinski definition) is 6. The van der Waals surface area contributed by atoms with E-state index in [-0.39, 0.29) is 5.91 Å². The molecule has 1 aromatic carbocycles. The number of aromatic nitrogens is 2. The lowest BCUT2D eigenvalue weighted by Gasteiger charge is -2.32. The van der Waals surface area contributed by atoms with Gasteiger partial charge in [-0.2, -0.15) is 0 Å². The van der Waals surface area contributed by atoms with Crippen LogP contribution in [-0.4, -0.2) is 58.9 Å². The third-order valence-electron chi connectivity index (χ3n) is 4.79. The van der Waals surface area contributed by atoms with Crippen molar-refractivity contribution in [3.63, 3.8) is 0 Å². The SMILES string of the molecule is CN1CCN(C(=O)c2cc(NCc3ccco3)nc(-c3ccccc3)n2)CC1. The van der Waals surface area contributed by atoms with E-state index >= 15 is 0 Å². The first-order valence-corrected chi connectivity index (χ1v) is 9.37. The minimum absolute atomic E-state index is 0.0614. The van der Waals surface area contributed by atoms with Crippen molar-refractivity contribution in [2.75, 3.05) is 38.5 Å². The van der Waals surface area contributed by atoms with E-state index in [4.69, 9.17) is 4.42 Å². The highest BCUT2D eigenvalue weighted by molar-refractivity contribution is 5.93. The molecule has 144 valence electrons. The van der Waals surface area contributed by atoms with Crippen molar-refractivity contribution in [2.45, 2.75) is 6.54 Å². The fourth-order valence-electron chi connectivity index (χ4n) is 3.13. The number of nitrogens with one attached hydrogen (secondary N) is 1. The summed E-state index contributed by atoms with van der Waals surface area (Å²) in [4.78, 5) is 26.3. The zero-order valence-electron chi connectivity index (χ0n) is 15.8. The van der Waals surface area contributed by atoms with E-state index < -0.39 is 0 Å². The predicted molar refractivity (Wildman–Crippen MR) is 107 cm³/mol. The molecular weight excluding hydrogens is 354 g/mol. The van der Waals surface area contributed by atoms with Crippen LogP contribution in [0.1, 0.15) is 16.2 Å².